The van der Waals surface area contributed by atoms with E-state index >= 15 is 0 Å². The summed E-state index contributed by atoms with van der Waals surface area (Å²) in [7, 11) is 0. The van der Waals surface area contributed by atoms with Crippen LogP contribution in [0.1, 0.15) is 37.7 Å². The molecule has 25 heavy (non-hydrogen) atoms. The normalized spacial score (nSPS) is 26.0. The number of amides is 2. The van der Waals surface area contributed by atoms with Gasteiger partial charge in [0.05, 0.1) is 0 Å². The van der Waals surface area contributed by atoms with Crippen LogP contribution in [0.25, 0.3) is 0 Å². The van der Waals surface area contributed by atoms with Crippen LogP contribution < -0.4 is 0 Å². The summed E-state index contributed by atoms with van der Waals surface area (Å²) < 4.78 is 0. The Balaban J connectivity index is 1.51. The average Bonchev–Trinajstić information content (AvgIpc) is 3.06. The van der Waals surface area contributed by atoms with E-state index < -0.39 is 0 Å². The van der Waals surface area contributed by atoms with Gasteiger partial charge in [-0.05, 0) is 24.8 Å². The first-order valence-electron chi connectivity index (χ1n) is 9.58. The van der Waals surface area contributed by atoms with Crippen LogP contribution in [0.5, 0.6) is 0 Å². The zero-order valence-corrected chi connectivity index (χ0v) is 14.8. The summed E-state index contributed by atoms with van der Waals surface area (Å²) in [6.45, 7) is 3.18. The van der Waals surface area contributed by atoms with Gasteiger partial charge in [0.1, 0.15) is 12.6 Å². The van der Waals surface area contributed by atoms with Crippen molar-refractivity contribution in [3.8, 4) is 0 Å². The molecule has 1 aliphatic carbocycles. The van der Waals surface area contributed by atoms with E-state index in [1.54, 1.807) is 4.90 Å². The Labute approximate surface area is 149 Å². The highest BCUT2D eigenvalue weighted by atomic mass is 16.2. The molecule has 4 rings (SSSR count). The molecule has 5 nitrogen and oxygen atoms in total. The zero-order valence-electron chi connectivity index (χ0n) is 14.8. The molecular weight excluding hydrogens is 314 g/mol. The number of fused-ring (bicyclic) bond motifs is 1. The van der Waals surface area contributed by atoms with Crippen molar-refractivity contribution < 1.29 is 9.59 Å². The molecule has 2 amide bonds. The first-order valence-corrected chi connectivity index (χ1v) is 9.58. The standard InChI is InChI=1S/C20H27N3O2/c24-19-15-22(13-16-7-2-1-3-8-16)20(25)18-14-21(11-6-12-23(18)19)17-9-4-5-10-17/h1-3,7-8,17-18H,4-6,9-15H2. The third kappa shape index (κ3) is 3.43. The maximum atomic E-state index is 13.1. The number of hydrogen-bond acceptors (Lipinski definition) is 3. The highest BCUT2D eigenvalue weighted by Gasteiger charge is 2.42. The Morgan fingerprint density at radius 3 is 2.48 bits per heavy atom. The lowest BCUT2D eigenvalue weighted by Crippen LogP contribution is -2.61. The lowest BCUT2D eigenvalue weighted by atomic mass is 10.1. The van der Waals surface area contributed by atoms with E-state index in [0.29, 0.717) is 19.1 Å². The third-order valence-electron chi connectivity index (χ3n) is 5.93. The van der Waals surface area contributed by atoms with Crippen LogP contribution in [-0.2, 0) is 16.1 Å². The van der Waals surface area contributed by atoms with Crippen LogP contribution in [0.3, 0.4) is 0 Å². The third-order valence-corrected chi connectivity index (χ3v) is 5.93. The highest BCUT2D eigenvalue weighted by Crippen LogP contribution is 2.27. The number of carbonyl (C=O) groups excluding carboxylic acids is 2. The number of carbonyl (C=O) groups is 2. The number of piperazine rings is 1. The van der Waals surface area contributed by atoms with E-state index in [1.807, 2.05) is 35.2 Å². The molecule has 134 valence electrons. The summed E-state index contributed by atoms with van der Waals surface area (Å²) in [5.74, 6) is 0.224. The second-order valence-corrected chi connectivity index (χ2v) is 7.57. The molecular formula is C20H27N3O2. The minimum atomic E-state index is -0.298. The van der Waals surface area contributed by atoms with Gasteiger partial charge < -0.3 is 9.80 Å². The van der Waals surface area contributed by atoms with Crippen molar-refractivity contribution in [2.45, 2.75) is 50.7 Å². The summed E-state index contributed by atoms with van der Waals surface area (Å²) >= 11 is 0. The minimum absolute atomic E-state index is 0.105. The van der Waals surface area contributed by atoms with E-state index in [-0.39, 0.29) is 24.4 Å². The van der Waals surface area contributed by atoms with Gasteiger partial charge >= 0.3 is 0 Å². The molecule has 0 aromatic heterocycles. The molecule has 1 aromatic carbocycles. The van der Waals surface area contributed by atoms with Gasteiger partial charge in [-0.2, -0.15) is 0 Å². The molecule has 2 heterocycles. The molecule has 0 N–H and O–H groups in total. The lowest BCUT2D eigenvalue weighted by molar-refractivity contribution is -0.156. The smallest absolute Gasteiger partial charge is 0.247 e. The Morgan fingerprint density at radius 1 is 0.960 bits per heavy atom. The quantitative estimate of drug-likeness (QED) is 0.843. The predicted octanol–water partition coefficient (Wildman–Crippen LogP) is 1.87. The Hall–Kier alpha value is -1.88. The fourth-order valence-corrected chi connectivity index (χ4v) is 4.60. The van der Waals surface area contributed by atoms with Crippen molar-refractivity contribution in [1.29, 1.82) is 0 Å². The minimum Gasteiger partial charge on any atom is -0.328 e. The summed E-state index contributed by atoms with van der Waals surface area (Å²) in [6.07, 6.45) is 6.04. The van der Waals surface area contributed by atoms with Gasteiger partial charge in [0.15, 0.2) is 0 Å². The van der Waals surface area contributed by atoms with Gasteiger partial charge in [-0.3, -0.25) is 14.5 Å². The second-order valence-electron chi connectivity index (χ2n) is 7.57. The van der Waals surface area contributed by atoms with Gasteiger partial charge in [0.25, 0.3) is 0 Å². The Morgan fingerprint density at radius 2 is 1.72 bits per heavy atom. The highest BCUT2D eigenvalue weighted by molar-refractivity contribution is 5.95. The topological polar surface area (TPSA) is 43.9 Å². The maximum Gasteiger partial charge on any atom is 0.247 e. The summed E-state index contributed by atoms with van der Waals surface area (Å²) in [4.78, 5) is 31.9. The van der Waals surface area contributed by atoms with E-state index in [4.69, 9.17) is 0 Å². The summed E-state index contributed by atoms with van der Waals surface area (Å²) in [5.41, 5.74) is 1.08. The maximum absolute atomic E-state index is 13.1. The molecule has 1 unspecified atom stereocenters. The fourth-order valence-electron chi connectivity index (χ4n) is 4.60. The van der Waals surface area contributed by atoms with Crippen molar-refractivity contribution in [3.63, 3.8) is 0 Å². The van der Waals surface area contributed by atoms with Crippen LogP contribution in [0, 0.1) is 0 Å². The molecule has 3 aliphatic rings. The van der Waals surface area contributed by atoms with Gasteiger partial charge in [-0.15, -0.1) is 0 Å². The number of hydrogen-bond donors (Lipinski definition) is 0. The average molecular weight is 341 g/mol. The number of nitrogens with zero attached hydrogens (tertiary/aromatic N) is 3. The molecule has 1 aromatic rings. The first kappa shape index (κ1) is 16.6. The van der Waals surface area contributed by atoms with Crippen LogP contribution in [-0.4, -0.2) is 64.8 Å². The van der Waals surface area contributed by atoms with Crippen molar-refractivity contribution in [3.05, 3.63) is 35.9 Å². The molecule has 1 saturated carbocycles. The molecule has 1 atom stereocenters. The monoisotopic (exact) mass is 341 g/mol. The predicted molar refractivity (Wildman–Crippen MR) is 95.8 cm³/mol. The van der Waals surface area contributed by atoms with Crippen molar-refractivity contribution in [2.24, 2.45) is 0 Å². The number of benzene rings is 1. The molecule has 5 heteroatoms. The van der Waals surface area contributed by atoms with E-state index in [9.17, 15) is 9.59 Å². The van der Waals surface area contributed by atoms with Crippen molar-refractivity contribution in [1.82, 2.24) is 14.7 Å². The second kappa shape index (κ2) is 7.16. The van der Waals surface area contributed by atoms with Crippen LogP contribution >= 0.6 is 0 Å². The van der Waals surface area contributed by atoms with Gasteiger partial charge in [-0.1, -0.05) is 43.2 Å². The van der Waals surface area contributed by atoms with Crippen LogP contribution in [0.2, 0.25) is 0 Å². The van der Waals surface area contributed by atoms with Gasteiger partial charge in [-0.25, -0.2) is 0 Å². The fraction of sp³-hybridized carbons (Fsp3) is 0.600. The lowest BCUT2D eigenvalue weighted by Gasteiger charge is -2.40. The summed E-state index contributed by atoms with van der Waals surface area (Å²) in [5, 5.41) is 0. The molecule has 3 fully saturated rings. The van der Waals surface area contributed by atoms with Crippen molar-refractivity contribution >= 4 is 11.8 Å². The van der Waals surface area contributed by atoms with Crippen LogP contribution in [0.4, 0.5) is 0 Å². The van der Waals surface area contributed by atoms with E-state index in [0.717, 1.165) is 25.1 Å². The van der Waals surface area contributed by atoms with Gasteiger partial charge in [0, 0.05) is 32.2 Å². The van der Waals surface area contributed by atoms with E-state index in [2.05, 4.69) is 4.90 Å². The molecule has 2 saturated heterocycles. The molecule has 0 radical (unpaired) electrons. The summed E-state index contributed by atoms with van der Waals surface area (Å²) in [6, 6.07) is 10.3. The first-order chi connectivity index (χ1) is 12.2. The number of rotatable bonds is 3. The Bertz CT molecular complexity index is 627. The molecule has 0 bridgehead atoms. The molecule has 0 spiro atoms. The largest absolute Gasteiger partial charge is 0.328 e. The Kier molecular flexibility index (Phi) is 4.75. The SMILES string of the molecule is O=C1C2CN(C3CCCC3)CCCN2C(=O)CN1Cc1ccccc1. The van der Waals surface area contributed by atoms with E-state index in [1.165, 1.54) is 25.7 Å². The van der Waals surface area contributed by atoms with Gasteiger partial charge in [0.2, 0.25) is 11.8 Å². The zero-order chi connectivity index (χ0) is 17.2. The van der Waals surface area contributed by atoms with Crippen LogP contribution in [0.15, 0.2) is 30.3 Å². The van der Waals surface area contributed by atoms with Crippen molar-refractivity contribution in [2.75, 3.05) is 26.2 Å². The molecule has 2 aliphatic heterocycles.